The van der Waals surface area contributed by atoms with Gasteiger partial charge in [0, 0.05) is 22.5 Å². The van der Waals surface area contributed by atoms with Crippen LogP contribution in [0.3, 0.4) is 0 Å². The predicted molar refractivity (Wildman–Crippen MR) is 132 cm³/mol. The Labute approximate surface area is 197 Å². The van der Waals surface area contributed by atoms with Gasteiger partial charge in [-0.25, -0.2) is 0 Å². The van der Waals surface area contributed by atoms with Gasteiger partial charge in [0.05, 0.1) is 17.9 Å². The van der Waals surface area contributed by atoms with Gasteiger partial charge in [-0.15, -0.1) is 0 Å². The van der Waals surface area contributed by atoms with Crippen LogP contribution in [0.25, 0.3) is 5.69 Å². The number of benzene rings is 3. The fraction of sp³-hybridized carbons (Fsp3) is 0.111. The molecule has 0 atom stereocenters. The zero-order valence-corrected chi connectivity index (χ0v) is 19.1. The molecule has 1 aromatic heterocycles. The first-order chi connectivity index (χ1) is 15.9. The number of halogens is 1. The van der Waals surface area contributed by atoms with E-state index in [9.17, 15) is 9.59 Å². The van der Waals surface area contributed by atoms with E-state index in [0.717, 1.165) is 28.2 Å². The van der Waals surface area contributed by atoms with E-state index >= 15 is 0 Å². The number of nitrogens with zero attached hydrogens (tertiary/aromatic N) is 2. The summed E-state index contributed by atoms with van der Waals surface area (Å²) in [5.74, 6) is -0.281. The van der Waals surface area contributed by atoms with Gasteiger partial charge in [0.1, 0.15) is 5.15 Å². The molecule has 1 aliphatic rings. The van der Waals surface area contributed by atoms with Crippen LogP contribution in [0, 0.1) is 13.8 Å². The van der Waals surface area contributed by atoms with E-state index in [4.69, 9.17) is 11.6 Å². The first-order valence-electron chi connectivity index (χ1n) is 10.7. The van der Waals surface area contributed by atoms with Crippen molar-refractivity contribution in [1.29, 1.82) is 0 Å². The molecule has 2 amide bonds. The van der Waals surface area contributed by atoms with Crippen molar-refractivity contribution in [1.82, 2.24) is 4.57 Å². The summed E-state index contributed by atoms with van der Waals surface area (Å²) in [5, 5.41) is 3.54. The topological polar surface area (TPSA) is 54.3 Å². The minimum absolute atomic E-state index is 0.113. The van der Waals surface area contributed by atoms with Gasteiger partial charge in [0.2, 0.25) is 0 Å². The minimum Gasteiger partial charge on any atom is -0.322 e. The van der Waals surface area contributed by atoms with Crippen LogP contribution in [0.5, 0.6) is 0 Å². The number of amides is 2. The summed E-state index contributed by atoms with van der Waals surface area (Å²) in [6.45, 7) is 4.30. The minimum atomic E-state index is -0.169. The van der Waals surface area contributed by atoms with E-state index in [1.54, 1.807) is 29.2 Å². The van der Waals surface area contributed by atoms with Crippen LogP contribution in [0.15, 0.2) is 78.9 Å². The van der Waals surface area contributed by atoms with E-state index < -0.39 is 0 Å². The molecule has 0 bridgehead atoms. The van der Waals surface area contributed by atoms with E-state index in [2.05, 4.69) is 5.32 Å². The Morgan fingerprint density at radius 2 is 1.61 bits per heavy atom. The average molecular weight is 456 g/mol. The summed E-state index contributed by atoms with van der Waals surface area (Å²) in [5.41, 5.74) is 6.39. The van der Waals surface area contributed by atoms with Crippen molar-refractivity contribution < 1.29 is 9.59 Å². The first kappa shape index (κ1) is 21.0. The molecule has 0 saturated carbocycles. The maximum absolute atomic E-state index is 13.4. The maximum atomic E-state index is 13.4. The molecular weight excluding hydrogens is 434 g/mol. The standard InChI is InChI=1S/C27H22ClN3O2/c1-17-7-8-18(2)22(15-17)26(32)29-20-11-9-19(10-12-20)27(33)30-16-21-13-14-25(28)31(21)24-6-4-3-5-23(24)30/h3-15H,16H2,1-2H3,(H,29,32). The number of fused-ring (bicyclic) bond motifs is 3. The summed E-state index contributed by atoms with van der Waals surface area (Å²) >= 11 is 6.38. The number of nitrogens with one attached hydrogen (secondary N) is 1. The molecule has 0 unspecified atom stereocenters. The van der Waals surface area contributed by atoms with Crippen LogP contribution in [0.2, 0.25) is 5.15 Å². The summed E-state index contributed by atoms with van der Waals surface area (Å²) < 4.78 is 1.96. The lowest BCUT2D eigenvalue weighted by molar-refractivity contribution is 0.0982. The van der Waals surface area contributed by atoms with Gasteiger partial charge < -0.3 is 14.8 Å². The van der Waals surface area contributed by atoms with Gasteiger partial charge in [-0.05, 0) is 74.0 Å². The summed E-state index contributed by atoms with van der Waals surface area (Å²) in [7, 11) is 0. The second-order valence-corrected chi connectivity index (χ2v) is 8.60. The Bertz CT molecular complexity index is 1390. The number of para-hydroxylation sites is 2. The van der Waals surface area contributed by atoms with Crippen LogP contribution in [0.4, 0.5) is 11.4 Å². The molecular formula is C27H22ClN3O2. The van der Waals surface area contributed by atoms with Crippen molar-refractivity contribution in [3.8, 4) is 5.69 Å². The fourth-order valence-electron chi connectivity index (χ4n) is 4.19. The van der Waals surface area contributed by atoms with Crippen LogP contribution in [-0.4, -0.2) is 16.4 Å². The van der Waals surface area contributed by atoms with Gasteiger partial charge >= 0.3 is 0 Å². The molecule has 6 heteroatoms. The molecule has 0 radical (unpaired) electrons. The molecule has 1 aliphatic heterocycles. The quantitative estimate of drug-likeness (QED) is 0.402. The molecule has 0 spiro atoms. The molecule has 0 aliphatic carbocycles. The third kappa shape index (κ3) is 3.81. The van der Waals surface area contributed by atoms with Gasteiger partial charge in [-0.3, -0.25) is 9.59 Å². The second-order valence-electron chi connectivity index (χ2n) is 8.21. The second kappa shape index (κ2) is 8.26. The molecule has 2 heterocycles. The molecule has 0 fully saturated rings. The molecule has 5 rings (SSSR count). The van der Waals surface area contributed by atoms with Gasteiger partial charge in [-0.2, -0.15) is 0 Å². The van der Waals surface area contributed by atoms with Gasteiger partial charge in [-0.1, -0.05) is 41.4 Å². The van der Waals surface area contributed by atoms with Crippen LogP contribution >= 0.6 is 11.6 Å². The normalized spacial score (nSPS) is 12.2. The largest absolute Gasteiger partial charge is 0.322 e. The maximum Gasteiger partial charge on any atom is 0.258 e. The van der Waals surface area contributed by atoms with E-state index in [-0.39, 0.29) is 11.8 Å². The number of hydrogen-bond acceptors (Lipinski definition) is 2. The lowest BCUT2D eigenvalue weighted by atomic mass is 10.0. The summed E-state index contributed by atoms with van der Waals surface area (Å²) in [6, 6.07) is 24.3. The Morgan fingerprint density at radius 3 is 2.36 bits per heavy atom. The van der Waals surface area contributed by atoms with Crippen molar-refractivity contribution in [2.75, 3.05) is 10.2 Å². The number of carbonyl (C=O) groups excluding carboxylic acids is 2. The van der Waals surface area contributed by atoms with E-state index in [1.165, 1.54) is 0 Å². The molecule has 164 valence electrons. The van der Waals surface area contributed by atoms with Crippen LogP contribution < -0.4 is 10.2 Å². The summed E-state index contributed by atoms with van der Waals surface area (Å²) in [4.78, 5) is 27.9. The number of carbonyl (C=O) groups is 2. The lowest BCUT2D eigenvalue weighted by Crippen LogP contribution is -2.35. The number of anilines is 2. The highest BCUT2D eigenvalue weighted by molar-refractivity contribution is 6.30. The number of hydrogen-bond donors (Lipinski definition) is 1. The zero-order chi connectivity index (χ0) is 23.1. The Kier molecular flexibility index (Phi) is 5.27. The SMILES string of the molecule is Cc1ccc(C)c(C(=O)Nc2ccc(C(=O)N3Cc4ccc(Cl)n4-c4ccccc43)cc2)c1. The molecule has 1 N–H and O–H groups in total. The molecule has 0 saturated heterocycles. The first-order valence-corrected chi connectivity index (χ1v) is 11.1. The van der Waals surface area contributed by atoms with E-state index in [1.807, 2.05) is 73.0 Å². The number of aromatic nitrogens is 1. The smallest absolute Gasteiger partial charge is 0.258 e. The Balaban J connectivity index is 1.38. The van der Waals surface area contributed by atoms with Crippen molar-refractivity contribution in [3.05, 3.63) is 112 Å². The molecule has 5 nitrogen and oxygen atoms in total. The van der Waals surface area contributed by atoms with E-state index in [0.29, 0.717) is 28.5 Å². The molecule has 33 heavy (non-hydrogen) atoms. The molecule has 3 aromatic carbocycles. The average Bonchev–Trinajstić information content (AvgIpc) is 3.21. The highest BCUT2D eigenvalue weighted by Crippen LogP contribution is 2.36. The fourth-order valence-corrected chi connectivity index (χ4v) is 4.45. The van der Waals surface area contributed by atoms with Crippen molar-refractivity contribution >= 4 is 34.8 Å². The number of aryl methyl sites for hydroxylation is 2. The van der Waals surface area contributed by atoms with Crippen molar-refractivity contribution in [2.24, 2.45) is 0 Å². The highest BCUT2D eigenvalue weighted by atomic mass is 35.5. The predicted octanol–water partition coefficient (Wildman–Crippen LogP) is 6.16. The monoisotopic (exact) mass is 455 g/mol. The third-order valence-electron chi connectivity index (χ3n) is 5.92. The number of rotatable bonds is 3. The highest BCUT2D eigenvalue weighted by Gasteiger charge is 2.28. The van der Waals surface area contributed by atoms with Gasteiger partial charge in [0.15, 0.2) is 0 Å². The van der Waals surface area contributed by atoms with Crippen LogP contribution in [-0.2, 0) is 6.54 Å². The van der Waals surface area contributed by atoms with Crippen molar-refractivity contribution in [2.45, 2.75) is 20.4 Å². The summed E-state index contributed by atoms with van der Waals surface area (Å²) in [6.07, 6.45) is 0. The van der Waals surface area contributed by atoms with Crippen LogP contribution in [0.1, 0.15) is 37.5 Å². The lowest BCUT2D eigenvalue weighted by Gasteiger charge is -2.31. The zero-order valence-electron chi connectivity index (χ0n) is 18.3. The Hall–Kier alpha value is -3.83. The van der Waals surface area contributed by atoms with Crippen molar-refractivity contribution in [3.63, 3.8) is 0 Å². The van der Waals surface area contributed by atoms with Gasteiger partial charge in [0.25, 0.3) is 11.8 Å². The third-order valence-corrected chi connectivity index (χ3v) is 6.22. The molecule has 4 aromatic rings. The Morgan fingerprint density at radius 1 is 0.879 bits per heavy atom.